The summed E-state index contributed by atoms with van der Waals surface area (Å²) in [4.78, 5) is 0. The number of benzene rings is 1. The molecule has 0 aliphatic rings. The van der Waals surface area contributed by atoms with Crippen LogP contribution in [-0.2, 0) is 6.54 Å². The zero-order valence-corrected chi connectivity index (χ0v) is 8.74. The van der Waals surface area contributed by atoms with E-state index >= 15 is 0 Å². The maximum absolute atomic E-state index is 4.98. The highest BCUT2D eigenvalue weighted by Gasteiger charge is 1.96. The fourth-order valence-electron chi connectivity index (χ4n) is 1.07. The molecule has 1 rings (SSSR count). The summed E-state index contributed by atoms with van der Waals surface area (Å²) in [7, 11) is 1.81. The molecule has 0 bridgehead atoms. The van der Waals surface area contributed by atoms with Gasteiger partial charge in [-0.2, -0.15) is 0 Å². The normalized spacial score (nSPS) is 9.38. The summed E-state index contributed by atoms with van der Waals surface area (Å²) >= 11 is 4.98. The number of aryl methyl sites for hydroxylation is 1. The molecule has 1 aromatic carbocycles. The van der Waals surface area contributed by atoms with Gasteiger partial charge in [0.25, 0.3) is 0 Å². The van der Waals surface area contributed by atoms with Crippen molar-refractivity contribution < 1.29 is 0 Å². The van der Waals surface area contributed by atoms with Crippen molar-refractivity contribution in [3.63, 3.8) is 0 Å². The summed E-state index contributed by atoms with van der Waals surface area (Å²) in [5, 5.41) is 6.67. The summed E-state index contributed by atoms with van der Waals surface area (Å²) in [6.07, 6.45) is 0. The third-order valence-corrected chi connectivity index (χ3v) is 2.28. The van der Waals surface area contributed by atoms with E-state index in [9.17, 15) is 0 Å². The van der Waals surface area contributed by atoms with Crippen LogP contribution in [0.5, 0.6) is 0 Å². The molecule has 0 radical (unpaired) electrons. The highest BCUT2D eigenvalue weighted by Crippen LogP contribution is 2.05. The molecule has 70 valence electrons. The van der Waals surface area contributed by atoms with Crippen LogP contribution < -0.4 is 10.6 Å². The third-order valence-electron chi connectivity index (χ3n) is 1.93. The van der Waals surface area contributed by atoms with Crippen molar-refractivity contribution in [3.8, 4) is 0 Å². The molecule has 0 spiro atoms. The lowest BCUT2D eigenvalue weighted by Crippen LogP contribution is -2.31. The first-order valence-electron chi connectivity index (χ1n) is 4.24. The lowest BCUT2D eigenvalue weighted by Gasteiger charge is -2.08. The molecule has 3 heteroatoms. The molecule has 13 heavy (non-hydrogen) atoms. The number of nitrogens with one attached hydrogen (secondary N) is 2. The van der Waals surface area contributed by atoms with Gasteiger partial charge >= 0.3 is 0 Å². The summed E-state index contributed by atoms with van der Waals surface area (Å²) in [6, 6.07) is 8.27. The van der Waals surface area contributed by atoms with Crippen LogP contribution in [0.15, 0.2) is 24.3 Å². The molecule has 0 fully saturated rings. The van der Waals surface area contributed by atoms with Crippen molar-refractivity contribution in [3.05, 3.63) is 35.4 Å². The van der Waals surface area contributed by atoms with Gasteiger partial charge in [0.15, 0.2) is 5.11 Å². The second-order valence-corrected chi connectivity index (χ2v) is 3.27. The smallest absolute Gasteiger partial charge is 0.166 e. The van der Waals surface area contributed by atoms with E-state index in [0.29, 0.717) is 5.11 Å². The fraction of sp³-hybridized carbons (Fsp3) is 0.300. The Morgan fingerprint density at radius 2 is 2.08 bits per heavy atom. The van der Waals surface area contributed by atoms with Crippen molar-refractivity contribution >= 4 is 17.3 Å². The average molecular weight is 194 g/mol. The Morgan fingerprint density at radius 3 is 2.69 bits per heavy atom. The molecular weight excluding hydrogens is 180 g/mol. The van der Waals surface area contributed by atoms with E-state index < -0.39 is 0 Å². The van der Waals surface area contributed by atoms with Crippen LogP contribution in [0.1, 0.15) is 11.1 Å². The van der Waals surface area contributed by atoms with Crippen LogP contribution in [0.3, 0.4) is 0 Å². The van der Waals surface area contributed by atoms with Crippen LogP contribution in [-0.4, -0.2) is 12.2 Å². The van der Waals surface area contributed by atoms with E-state index in [1.807, 2.05) is 19.2 Å². The number of thiocarbonyl (C=S) groups is 1. The van der Waals surface area contributed by atoms with Gasteiger partial charge in [0.1, 0.15) is 0 Å². The Morgan fingerprint density at radius 1 is 1.38 bits per heavy atom. The summed E-state index contributed by atoms with van der Waals surface area (Å²) in [5.41, 5.74) is 2.56. The molecule has 2 N–H and O–H groups in total. The zero-order valence-electron chi connectivity index (χ0n) is 7.92. The molecule has 0 atom stereocenters. The first-order chi connectivity index (χ1) is 6.24. The Bertz CT molecular complexity index is 297. The topological polar surface area (TPSA) is 24.1 Å². The van der Waals surface area contributed by atoms with E-state index in [1.165, 1.54) is 11.1 Å². The summed E-state index contributed by atoms with van der Waals surface area (Å²) in [6.45, 7) is 2.88. The third kappa shape index (κ3) is 3.03. The monoisotopic (exact) mass is 194 g/mol. The van der Waals surface area contributed by atoms with E-state index in [0.717, 1.165) is 6.54 Å². The lowest BCUT2D eigenvalue weighted by atomic mass is 10.1. The van der Waals surface area contributed by atoms with Crippen LogP contribution in [0.2, 0.25) is 0 Å². The minimum absolute atomic E-state index is 0.684. The largest absolute Gasteiger partial charge is 0.366 e. The number of hydrogen-bond acceptors (Lipinski definition) is 1. The molecule has 0 saturated heterocycles. The standard InChI is InChI=1S/C10H14N2S/c1-8-5-3-4-6-9(8)7-12-10(13)11-2/h3-6H,7H2,1-2H3,(H2,11,12,13). The highest BCUT2D eigenvalue weighted by molar-refractivity contribution is 7.80. The Kier molecular flexibility index (Phi) is 3.71. The van der Waals surface area contributed by atoms with E-state index in [1.54, 1.807) is 0 Å². The lowest BCUT2D eigenvalue weighted by molar-refractivity contribution is 0.883. The Labute approximate surface area is 84.3 Å². The maximum atomic E-state index is 4.98. The van der Waals surface area contributed by atoms with Crippen LogP contribution in [0, 0.1) is 6.92 Å². The molecule has 0 saturated carbocycles. The average Bonchev–Trinajstić information content (AvgIpc) is 2.16. The van der Waals surface area contributed by atoms with E-state index in [4.69, 9.17) is 12.2 Å². The van der Waals surface area contributed by atoms with Crippen LogP contribution in [0.4, 0.5) is 0 Å². The summed E-state index contributed by atoms with van der Waals surface area (Å²) < 4.78 is 0. The van der Waals surface area contributed by atoms with Crippen molar-refractivity contribution in [1.82, 2.24) is 10.6 Å². The van der Waals surface area contributed by atoms with Crippen LogP contribution in [0.25, 0.3) is 0 Å². The highest BCUT2D eigenvalue weighted by atomic mass is 32.1. The molecule has 0 aliphatic heterocycles. The van der Waals surface area contributed by atoms with Crippen molar-refractivity contribution in [2.75, 3.05) is 7.05 Å². The zero-order chi connectivity index (χ0) is 9.68. The van der Waals surface area contributed by atoms with Gasteiger partial charge in [0.05, 0.1) is 0 Å². The summed E-state index contributed by atoms with van der Waals surface area (Å²) in [5.74, 6) is 0. The van der Waals surface area contributed by atoms with Gasteiger partial charge in [0, 0.05) is 13.6 Å². The van der Waals surface area contributed by atoms with Gasteiger partial charge in [-0.25, -0.2) is 0 Å². The second-order valence-electron chi connectivity index (χ2n) is 2.86. The SMILES string of the molecule is CNC(=S)NCc1ccccc1C. The predicted molar refractivity (Wildman–Crippen MR) is 59.7 cm³/mol. The minimum Gasteiger partial charge on any atom is -0.366 e. The number of rotatable bonds is 2. The first-order valence-corrected chi connectivity index (χ1v) is 4.65. The van der Waals surface area contributed by atoms with Gasteiger partial charge in [-0.3, -0.25) is 0 Å². The van der Waals surface area contributed by atoms with Crippen molar-refractivity contribution in [1.29, 1.82) is 0 Å². The second kappa shape index (κ2) is 4.82. The Hall–Kier alpha value is -1.09. The molecule has 0 heterocycles. The molecular formula is C10H14N2S. The molecule has 2 nitrogen and oxygen atoms in total. The molecule has 1 aromatic rings. The molecule has 0 amide bonds. The number of hydrogen-bond donors (Lipinski definition) is 2. The fourth-order valence-corrected chi connectivity index (χ4v) is 1.14. The maximum Gasteiger partial charge on any atom is 0.166 e. The predicted octanol–water partition coefficient (Wildman–Crippen LogP) is 1.59. The van der Waals surface area contributed by atoms with Gasteiger partial charge < -0.3 is 10.6 Å². The molecule has 0 aromatic heterocycles. The van der Waals surface area contributed by atoms with E-state index in [-0.39, 0.29) is 0 Å². The minimum atomic E-state index is 0.684. The van der Waals surface area contributed by atoms with Gasteiger partial charge in [-0.05, 0) is 30.3 Å². The van der Waals surface area contributed by atoms with Crippen molar-refractivity contribution in [2.24, 2.45) is 0 Å². The first kappa shape index (κ1) is 9.99. The van der Waals surface area contributed by atoms with E-state index in [2.05, 4.69) is 29.7 Å². The molecule has 0 aliphatic carbocycles. The quantitative estimate of drug-likeness (QED) is 0.699. The Balaban J connectivity index is 2.54. The van der Waals surface area contributed by atoms with Gasteiger partial charge in [-0.15, -0.1) is 0 Å². The van der Waals surface area contributed by atoms with Crippen LogP contribution >= 0.6 is 12.2 Å². The molecule has 0 unspecified atom stereocenters. The van der Waals surface area contributed by atoms with Gasteiger partial charge in [0.2, 0.25) is 0 Å². The van der Waals surface area contributed by atoms with Gasteiger partial charge in [-0.1, -0.05) is 24.3 Å². The van der Waals surface area contributed by atoms with Crippen molar-refractivity contribution in [2.45, 2.75) is 13.5 Å².